The summed E-state index contributed by atoms with van der Waals surface area (Å²) in [6.45, 7) is 0. The van der Waals surface area contributed by atoms with E-state index < -0.39 is 23.9 Å². The molecule has 0 radical (unpaired) electrons. The number of benzene rings is 2. The molecule has 0 spiro atoms. The van der Waals surface area contributed by atoms with Crippen LogP contribution in [0.25, 0.3) is 0 Å². The number of nitrogens with zero attached hydrogens (tertiary/aromatic N) is 1. The summed E-state index contributed by atoms with van der Waals surface area (Å²) in [6, 6.07) is 9.21. The number of carbonyl (C=O) groups is 1. The first kappa shape index (κ1) is 19.0. The number of carboxylic acids is 1. The highest BCUT2D eigenvalue weighted by atomic mass is 79.9. The van der Waals surface area contributed by atoms with Crippen molar-refractivity contribution < 1.29 is 28.2 Å². The largest absolute Gasteiger partial charge is 0.508 e. The summed E-state index contributed by atoms with van der Waals surface area (Å²) in [5.41, 5.74) is -1.01. The lowest BCUT2D eigenvalue weighted by Gasteiger charge is -2.15. The number of phenolic OH excluding ortho intramolecular Hbond substituents is 1. The Morgan fingerprint density at radius 1 is 1.08 bits per heavy atom. The number of aromatic hydroxyl groups is 1. The third kappa shape index (κ3) is 5.32. The number of aliphatic imine (C=N–C) groups is 1. The van der Waals surface area contributed by atoms with Gasteiger partial charge in [-0.25, -0.2) is 4.79 Å². The van der Waals surface area contributed by atoms with Crippen molar-refractivity contribution in [2.75, 3.05) is 0 Å². The molecule has 2 aromatic rings. The fourth-order valence-electron chi connectivity index (χ4n) is 2.12. The van der Waals surface area contributed by atoms with Crippen molar-refractivity contribution in [2.24, 2.45) is 4.99 Å². The van der Waals surface area contributed by atoms with Crippen LogP contribution in [0.5, 0.6) is 5.75 Å². The first-order valence-electron chi connectivity index (χ1n) is 7.08. The van der Waals surface area contributed by atoms with E-state index in [9.17, 15) is 28.2 Å². The molecule has 0 fully saturated rings. The lowest BCUT2D eigenvalue weighted by molar-refractivity contribution is -0.138. The SMILES string of the molecule is O=C(O)[C@H](Cc1ccc(O)cc1)/N=C(/c1ccc(Br)cc1)C(F)(F)F. The van der Waals surface area contributed by atoms with Crippen LogP contribution in [0.15, 0.2) is 58.0 Å². The molecule has 25 heavy (non-hydrogen) atoms. The Morgan fingerprint density at radius 3 is 2.12 bits per heavy atom. The molecule has 0 saturated carbocycles. The second kappa shape index (κ2) is 7.69. The summed E-state index contributed by atoms with van der Waals surface area (Å²) in [4.78, 5) is 14.9. The fourth-order valence-corrected chi connectivity index (χ4v) is 2.38. The summed E-state index contributed by atoms with van der Waals surface area (Å²) < 4.78 is 40.7. The molecule has 0 saturated heterocycles. The van der Waals surface area contributed by atoms with Crippen molar-refractivity contribution in [3.05, 3.63) is 64.1 Å². The molecule has 0 aliphatic rings. The van der Waals surface area contributed by atoms with Gasteiger partial charge < -0.3 is 10.2 Å². The molecule has 0 bridgehead atoms. The Balaban J connectivity index is 2.40. The molecule has 0 aliphatic carbocycles. The van der Waals surface area contributed by atoms with Gasteiger partial charge in [0.25, 0.3) is 0 Å². The van der Waals surface area contributed by atoms with Crippen LogP contribution in [-0.4, -0.2) is 34.1 Å². The highest BCUT2D eigenvalue weighted by molar-refractivity contribution is 9.10. The van der Waals surface area contributed by atoms with Gasteiger partial charge in [0.1, 0.15) is 11.5 Å². The van der Waals surface area contributed by atoms with Crippen LogP contribution in [0, 0.1) is 0 Å². The summed E-state index contributed by atoms with van der Waals surface area (Å²) in [7, 11) is 0. The maximum Gasteiger partial charge on any atom is 0.433 e. The van der Waals surface area contributed by atoms with Gasteiger partial charge in [0.15, 0.2) is 6.04 Å². The lowest BCUT2D eigenvalue weighted by atomic mass is 10.0. The predicted molar refractivity (Wildman–Crippen MR) is 90.0 cm³/mol. The molecule has 0 aliphatic heterocycles. The zero-order valence-electron chi connectivity index (χ0n) is 12.7. The molecular formula is C17H13BrF3NO3. The van der Waals surface area contributed by atoms with Crippen molar-refractivity contribution in [3.63, 3.8) is 0 Å². The van der Waals surface area contributed by atoms with Crippen LogP contribution in [-0.2, 0) is 11.2 Å². The minimum Gasteiger partial charge on any atom is -0.508 e. The number of alkyl halides is 3. The Bertz CT molecular complexity index is 771. The third-order valence-electron chi connectivity index (χ3n) is 3.32. The quantitative estimate of drug-likeness (QED) is 0.718. The molecule has 2 aromatic carbocycles. The molecule has 2 N–H and O–H groups in total. The number of phenols is 1. The molecule has 2 rings (SSSR count). The molecule has 132 valence electrons. The molecule has 0 heterocycles. The van der Waals surface area contributed by atoms with E-state index in [1.54, 1.807) is 0 Å². The van der Waals surface area contributed by atoms with E-state index in [2.05, 4.69) is 20.9 Å². The van der Waals surface area contributed by atoms with Gasteiger partial charge in [-0.15, -0.1) is 0 Å². The molecule has 8 heteroatoms. The number of carboxylic acid groups (broad SMARTS) is 1. The van der Waals surface area contributed by atoms with Gasteiger partial charge in [-0.05, 0) is 29.8 Å². The van der Waals surface area contributed by atoms with E-state index in [1.807, 2.05) is 0 Å². The van der Waals surface area contributed by atoms with Crippen molar-refractivity contribution in [2.45, 2.75) is 18.6 Å². The van der Waals surface area contributed by atoms with E-state index in [0.717, 1.165) is 0 Å². The van der Waals surface area contributed by atoms with Crippen molar-refractivity contribution in [3.8, 4) is 5.75 Å². The monoisotopic (exact) mass is 415 g/mol. The van der Waals surface area contributed by atoms with Gasteiger partial charge in [-0.2, -0.15) is 13.2 Å². The number of hydrogen-bond donors (Lipinski definition) is 2. The number of aliphatic carboxylic acids is 1. The highest BCUT2D eigenvalue weighted by Crippen LogP contribution is 2.25. The van der Waals surface area contributed by atoms with Gasteiger partial charge in [0, 0.05) is 16.5 Å². The van der Waals surface area contributed by atoms with E-state index in [0.29, 0.717) is 10.0 Å². The van der Waals surface area contributed by atoms with Gasteiger partial charge in [-0.3, -0.25) is 4.99 Å². The zero-order chi connectivity index (χ0) is 18.6. The van der Waals surface area contributed by atoms with Crippen LogP contribution < -0.4 is 0 Å². The molecule has 0 amide bonds. The van der Waals surface area contributed by atoms with Crippen LogP contribution in [0.3, 0.4) is 0 Å². The summed E-state index contributed by atoms with van der Waals surface area (Å²) in [5.74, 6) is -1.49. The van der Waals surface area contributed by atoms with Crippen LogP contribution in [0.2, 0.25) is 0 Å². The van der Waals surface area contributed by atoms with Crippen LogP contribution in [0.4, 0.5) is 13.2 Å². The fraction of sp³-hybridized carbons (Fsp3) is 0.176. The summed E-state index contributed by atoms with van der Waals surface area (Å²) in [5, 5.41) is 18.5. The van der Waals surface area contributed by atoms with Crippen molar-refractivity contribution >= 4 is 27.6 Å². The van der Waals surface area contributed by atoms with Crippen LogP contribution >= 0.6 is 15.9 Å². The third-order valence-corrected chi connectivity index (χ3v) is 3.85. The minimum absolute atomic E-state index is 0.0232. The maximum atomic E-state index is 13.4. The molecule has 0 unspecified atom stereocenters. The van der Waals surface area contributed by atoms with Gasteiger partial charge in [0.2, 0.25) is 0 Å². The van der Waals surface area contributed by atoms with Gasteiger partial charge in [0.05, 0.1) is 0 Å². The standard InChI is InChI=1S/C17H13BrF3NO3/c18-12-5-3-11(4-6-12)15(17(19,20)21)22-14(16(24)25)9-10-1-7-13(23)8-2-10/h1-8,14,23H,9H2,(H,24,25)/b22-15-/t14-/m0/s1. The summed E-state index contributed by atoms with van der Waals surface area (Å²) >= 11 is 3.13. The first-order chi connectivity index (χ1) is 11.7. The van der Waals surface area contributed by atoms with Crippen molar-refractivity contribution in [1.82, 2.24) is 0 Å². The maximum absolute atomic E-state index is 13.4. The van der Waals surface area contributed by atoms with E-state index in [4.69, 9.17) is 0 Å². The Hall–Kier alpha value is -2.35. The second-order valence-electron chi connectivity index (χ2n) is 5.21. The molecule has 0 aromatic heterocycles. The van der Waals surface area contributed by atoms with Gasteiger partial charge in [-0.1, -0.05) is 40.2 Å². The number of rotatable bonds is 5. The Morgan fingerprint density at radius 2 is 1.64 bits per heavy atom. The van der Waals surface area contributed by atoms with Crippen LogP contribution in [0.1, 0.15) is 11.1 Å². The first-order valence-corrected chi connectivity index (χ1v) is 7.88. The minimum atomic E-state index is -4.80. The molecule has 4 nitrogen and oxygen atoms in total. The number of hydrogen-bond acceptors (Lipinski definition) is 3. The predicted octanol–water partition coefficient (Wildman–Crippen LogP) is 4.20. The van der Waals surface area contributed by atoms with E-state index >= 15 is 0 Å². The highest BCUT2D eigenvalue weighted by Gasteiger charge is 2.38. The smallest absolute Gasteiger partial charge is 0.433 e. The zero-order valence-corrected chi connectivity index (χ0v) is 14.3. The van der Waals surface area contributed by atoms with E-state index in [-0.39, 0.29) is 17.7 Å². The van der Waals surface area contributed by atoms with E-state index in [1.165, 1.54) is 48.5 Å². The molecular weight excluding hydrogens is 403 g/mol. The Kier molecular flexibility index (Phi) is 5.84. The van der Waals surface area contributed by atoms with Crippen molar-refractivity contribution in [1.29, 1.82) is 0 Å². The normalized spacial score (nSPS) is 13.5. The average Bonchev–Trinajstić information content (AvgIpc) is 2.53. The molecule has 1 atom stereocenters. The topological polar surface area (TPSA) is 69.9 Å². The number of halogens is 4. The second-order valence-corrected chi connectivity index (χ2v) is 6.12. The average molecular weight is 416 g/mol. The lowest BCUT2D eigenvalue weighted by Crippen LogP contribution is -2.30. The van der Waals surface area contributed by atoms with Gasteiger partial charge >= 0.3 is 12.1 Å². The Labute approximate surface area is 149 Å². The summed E-state index contributed by atoms with van der Waals surface area (Å²) in [6.07, 6.45) is -5.03.